The normalized spacial score (nSPS) is 18.6. The van der Waals surface area contributed by atoms with Gasteiger partial charge in [0.25, 0.3) is 0 Å². The molecule has 0 bridgehead atoms. The van der Waals surface area contributed by atoms with Crippen LogP contribution in [0.25, 0.3) is 0 Å². The van der Waals surface area contributed by atoms with Crippen LogP contribution in [-0.4, -0.2) is 44.6 Å². The molecule has 3 heterocycles. The number of hydrogen-bond donors (Lipinski definition) is 1. The topological polar surface area (TPSA) is 61.9 Å². The van der Waals surface area contributed by atoms with E-state index in [4.69, 9.17) is 0 Å². The highest BCUT2D eigenvalue weighted by molar-refractivity contribution is 8.00. The van der Waals surface area contributed by atoms with Crippen molar-refractivity contribution in [2.24, 2.45) is 0 Å². The van der Waals surface area contributed by atoms with Crippen LogP contribution in [-0.2, 0) is 11.2 Å². The summed E-state index contributed by atoms with van der Waals surface area (Å²) >= 11 is 3.35. The smallest absolute Gasteiger partial charge is 0.228 e. The first kappa shape index (κ1) is 15.6. The van der Waals surface area contributed by atoms with Crippen molar-refractivity contribution in [1.82, 2.24) is 19.9 Å². The van der Waals surface area contributed by atoms with E-state index in [1.807, 2.05) is 16.5 Å². The summed E-state index contributed by atoms with van der Waals surface area (Å²) in [6.07, 6.45) is 6.15. The van der Waals surface area contributed by atoms with Crippen LogP contribution in [0.4, 0.5) is 0 Å². The number of H-pyrrole nitrogens is 1. The zero-order valence-corrected chi connectivity index (χ0v) is 14.3. The fourth-order valence-electron chi connectivity index (χ4n) is 2.75. The first-order valence-electron chi connectivity index (χ1n) is 7.60. The molecule has 1 aliphatic rings. The number of thiazole rings is 1. The number of nitrogens with zero attached hydrogens (tertiary/aromatic N) is 3. The molecule has 118 valence electrons. The van der Waals surface area contributed by atoms with Crippen molar-refractivity contribution in [3.63, 3.8) is 0 Å². The molecular formula is C15H20N4OS2. The lowest BCUT2D eigenvalue weighted by atomic mass is 9.97. The molecule has 1 amide bonds. The average Bonchev–Trinajstić information content (AvgIpc) is 3.20. The van der Waals surface area contributed by atoms with Crippen LogP contribution in [0.2, 0.25) is 0 Å². The van der Waals surface area contributed by atoms with Gasteiger partial charge in [-0.15, -0.1) is 11.3 Å². The SMILES string of the molecule is CCSc1nc(CC(=O)N2CCCC(c3ncc[nH]3)C2)cs1. The second kappa shape index (κ2) is 7.28. The molecule has 1 aliphatic heterocycles. The lowest BCUT2D eigenvalue weighted by molar-refractivity contribution is -0.131. The van der Waals surface area contributed by atoms with Gasteiger partial charge in [0.2, 0.25) is 5.91 Å². The number of carbonyl (C=O) groups is 1. The van der Waals surface area contributed by atoms with Crippen LogP contribution in [0.5, 0.6) is 0 Å². The van der Waals surface area contributed by atoms with Crippen LogP contribution in [0.3, 0.4) is 0 Å². The monoisotopic (exact) mass is 336 g/mol. The summed E-state index contributed by atoms with van der Waals surface area (Å²) in [7, 11) is 0. The van der Waals surface area contributed by atoms with E-state index in [2.05, 4.69) is 21.9 Å². The van der Waals surface area contributed by atoms with Gasteiger partial charge in [-0.1, -0.05) is 18.7 Å². The Hall–Kier alpha value is -1.34. The molecule has 0 spiro atoms. The molecule has 1 saturated heterocycles. The van der Waals surface area contributed by atoms with E-state index in [0.29, 0.717) is 12.3 Å². The highest BCUT2D eigenvalue weighted by Gasteiger charge is 2.26. The maximum absolute atomic E-state index is 12.5. The number of piperidine rings is 1. The third-order valence-electron chi connectivity index (χ3n) is 3.81. The van der Waals surface area contributed by atoms with Gasteiger partial charge in [0.05, 0.1) is 12.1 Å². The van der Waals surface area contributed by atoms with E-state index in [1.165, 1.54) is 0 Å². The van der Waals surface area contributed by atoms with Gasteiger partial charge in [0.15, 0.2) is 0 Å². The molecule has 0 saturated carbocycles. The summed E-state index contributed by atoms with van der Waals surface area (Å²) in [5.41, 5.74) is 0.895. The quantitative estimate of drug-likeness (QED) is 0.853. The zero-order chi connectivity index (χ0) is 15.4. The van der Waals surface area contributed by atoms with Gasteiger partial charge >= 0.3 is 0 Å². The number of rotatable bonds is 5. The summed E-state index contributed by atoms with van der Waals surface area (Å²) in [4.78, 5) is 26.5. The lowest BCUT2D eigenvalue weighted by Crippen LogP contribution is -2.40. The fourth-order valence-corrected chi connectivity index (χ4v) is 4.50. The van der Waals surface area contributed by atoms with Gasteiger partial charge in [-0.05, 0) is 18.6 Å². The molecule has 5 nitrogen and oxygen atoms in total. The highest BCUT2D eigenvalue weighted by atomic mass is 32.2. The largest absolute Gasteiger partial charge is 0.348 e. The van der Waals surface area contributed by atoms with Crippen LogP contribution < -0.4 is 0 Å². The number of carbonyl (C=O) groups excluding carboxylic acids is 1. The van der Waals surface area contributed by atoms with Gasteiger partial charge in [0, 0.05) is 36.8 Å². The van der Waals surface area contributed by atoms with Gasteiger partial charge in [-0.25, -0.2) is 9.97 Å². The van der Waals surface area contributed by atoms with Gasteiger partial charge in [0.1, 0.15) is 10.2 Å². The first-order valence-corrected chi connectivity index (χ1v) is 9.47. The molecule has 0 radical (unpaired) electrons. The summed E-state index contributed by atoms with van der Waals surface area (Å²) < 4.78 is 1.05. The Labute approximate surface area is 138 Å². The molecule has 7 heteroatoms. The second-order valence-electron chi connectivity index (χ2n) is 5.37. The Morgan fingerprint density at radius 3 is 3.27 bits per heavy atom. The third kappa shape index (κ3) is 3.70. The Kier molecular flexibility index (Phi) is 5.15. The number of nitrogens with one attached hydrogen (secondary N) is 1. The van der Waals surface area contributed by atoms with E-state index >= 15 is 0 Å². The predicted molar refractivity (Wildman–Crippen MR) is 89.4 cm³/mol. The minimum absolute atomic E-state index is 0.176. The molecule has 1 N–H and O–H groups in total. The number of aromatic amines is 1. The molecule has 22 heavy (non-hydrogen) atoms. The molecule has 2 aromatic heterocycles. The van der Waals surface area contributed by atoms with Crippen molar-refractivity contribution in [2.75, 3.05) is 18.8 Å². The van der Waals surface area contributed by atoms with Gasteiger partial charge in [-0.3, -0.25) is 4.79 Å². The summed E-state index contributed by atoms with van der Waals surface area (Å²) in [6.45, 7) is 3.71. The molecule has 1 unspecified atom stereocenters. The third-order valence-corrected chi connectivity index (χ3v) is 5.76. The number of hydrogen-bond acceptors (Lipinski definition) is 5. The maximum Gasteiger partial charge on any atom is 0.228 e. The maximum atomic E-state index is 12.5. The van der Waals surface area contributed by atoms with Crippen molar-refractivity contribution in [1.29, 1.82) is 0 Å². The Morgan fingerprint density at radius 1 is 1.59 bits per heavy atom. The summed E-state index contributed by atoms with van der Waals surface area (Å²) in [5, 5.41) is 2.00. The number of thioether (sulfide) groups is 1. The molecule has 1 fully saturated rings. The van der Waals surface area contributed by atoms with E-state index in [9.17, 15) is 4.79 Å². The number of amides is 1. The van der Waals surface area contributed by atoms with Gasteiger partial charge < -0.3 is 9.88 Å². The minimum Gasteiger partial charge on any atom is -0.348 e. The fraction of sp³-hybridized carbons (Fsp3) is 0.533. The average molecular weight is 336 g/mol. The number of imidazole rings is 1. The molecule has 3 rings (SSSR count). The van der Waals surface area contributed by atoms with Crippen molar-refractivity contribution >= 4 is 29.0 Å². The highest BCUT2D eigenvalue weighted by Crippen LogP contribution is 2.26. The minimum atomic E-state index is 0.176. The molecule has 0 aliphatic carbocycles. The van der Waals surface area contributed by atoms with E-state index < -0.39 is 0 Å². The van der Waals surface area contributed by atoms with Gasteiger partial charge in [-0.2, -0.15) is 0 Å². The van der Waals surface area contributed by atoms with Crippen molar-refractivity contribution in [3.05, 3.63) is 29.3 Å². The second-order valence-corrected chi connectivity index (χ2v) is 7.74. The van der Waals surface area contributed by atoms with Crippen LogP contribution in [0.15, 0.2) is 22.1 Å². The van der Waals surface area contributed by atoms with E-state index in [-0.39, 0.29) is 5.91 Å². The Balaban J connectivity index is 1.59. The van der Waals surface area contributed by atoms with Crippen molar-refractivity contribution < 1.29 is 4.79 Å². The molecular weight excluding hydrogens is 316 g/mol. The van der Waals surface area contributed by atoms with E-state index in [1.54, 1.807) is 29.3 Å². The number of likely N-dealkylation sites (tertiary alicyclic amines) is 1. The van der Waals surface area contributed by atoms with Crippen LogP contribution >= 0.6 is 23.1 Å². The molecule has 0 aromatic carbocycles. The summed E-state index contributed by atoms with van der Waals surface area (Å²) in [5.74, 6) is 2.51. The lowest BCUT2D eigenvalue weighted by Gasteiger charge is -2.31. The zero-order valence-electron chi connectivity index (χ0n) is 12.6. The van der Waals surface area contributed by atoms with Crippen molar-refractivity contribution in [3.8, 4) is 0 Å². The molecule has 2 aromatic rings. The van der Waals surface area contributed by atoms with Crippen LogP contribution in [0.1, 0.15) is 37.2 Å². The summed E-state index contributed by atoms with van der Waals surface area (Å²) in [6, 6.07) is 0. The standard InChI is InChI=1S/C15H20N4OS2/c1-2-21-15-18-12(10-22-15)8-13(20)19-7-3-4-11(9-19)14-16-5-6-17-14/h5-6,10-11H,2-4,7-9H2,1H3,(H,16,17). The van der Waals surface area contributed by atoms with Crippen molar-refractivity contribution in [2.45, 2.75) is 36.4 Å². The Morgan fingerprint density at radius 2 is 2.50 bits per heavy atom. The van der Waals surface area contributed by atoms with Crippen LogP contribution in [0, 0.1) is 0 Å². The number of aromatic nitrogens is 3. The van der Waals surface area contributed by atoms with E-state index in [0.717, 1.165) is 47.5 Å². The first-order chi connectivity index (χ1) is 10.8. The molecule has 1 atom stereocenters. The predicted octanol–water partition coefficient (Wildman–Crippen LogP) is 2.93. The Bertz CT molecular complexity index is 611.